The van der Waals surface area contributed by atoms with Crippen molar-refractivity contribution in [1.29, 1.82) is 0 Å². The number of aliphatic hydroxyl groups is 1. The zero-order chi connectivity index (χ0) is 15.0. The molecule has 4 nitrogen and oxygen atoms in total. The Morgan fingerprint density at radius 2 is 2.05 bits per heavy atom. The van der Waals surface area contributed by atoms with Crippen LogP contribution < -0.4 is 14.8 Å². The van der Waals surface area contributed by atoms with E-state index in [2.05, 4.69) is 10.1 Å². The Morgan fingerprint density at radius 1 is 1.30 bits per heavy atom. The molecule has 0 aliphatic rings. The van der Waals surface area contributed by atoms with Crippen LogP contribution in [-0.2, 0) is 0 Å². The van der Waals surface area contributed by atoms with Crippen molar-refractivity contribution in [3.05, 3.63) is 23.8 Å². The van der Waals surface area contributed by atoms with Gasteiger partial charge in [0.15, 0.2) is 11.5 Å². The van der Waals surface area contributed by atoms with E-state index >= 15 is 0 Å². The summed E-state index contributed by atoms with van der Waals surface area (Å²) in [4.78, 5) is 0. The average Bonchev–Trinajstić information content (AvgIpc) is 2.42. The van der Waals surface area contributed by atoms with Gasteiger partial charge in [-0.1, -0.05) is 13.0 Å². The number of benzene rings is 1. The molecular formula is C14H21F2NO3. The second-order valence-electron chi connectivity index (χ2n) is 4.31. The lowest BCUT2D eigenvalue weighted by atomic mass is 10.0. The third-order valence-electron chi connectivity index (χ3n) is 2.86. The molecule has 0 aromatic heterocycles. The molecule has 1 unspecified atom stereocenters. The van der Waals surface area contributed by atoms with Crippen molar-refractivity contribution in [1.82, 2.24) is 5.32 Å². The SMILES string of the molecule is CCCNC(CCO)c1ccc(OC)c(OC(F)F)c1. The van der Waals surface area contributed by atoms with Crippen LogP contribution in [0.15, 0.2) is 18.2 Å². The van der Waals surface area contributed by atoms with Crippen molar-refractivity contribution in [2.45, 2.75) is 32.4 Å². The summed E-state index contributed by atoms with van der Waals surface area (Å²) in [6, 6.07) is 4.78. The Labute approximate surface area is 117 Å². The number of rotatable bonds is 9. The van der Waals surface area contributed by atoms with E-state index in [9.17, 15) is 8.78 Å². The van der Waals surface area contributed by atoms with Gasteiger partial charge >= 0.3 is 6.61 Å². The maximum Gasteiger partial charge on any atom is 0.387 e. The van der Waals surface area contributed by atoms with E-state index in [1.807, 2.05) is 6.92 Å². The second-order valence-corrected chi connectivity index (χ2v) is 4.31. The molecule has 0 spiro atoms. The van der Waals surface area contributed by atoms with Gasteiger partial charge in [0.05, 0.1) is 7.11 Å². The predicted molar refractivity (Wildman–Crippen MR) is 72.4 cm³/mol. The van der Waals surface area contributed by atoms with Gasteiger partial charge in [0.25, 0.3) is 0 Å². The topological polar surface area (TPSA) is 50.7 Å². The van der Waals surface area contributed by atoms with Crippen LogP contribution in [0.2, 0.25) is 0 Å². The van der Waals surface area contributed by atoms with E-state index in [0.717, 1.165) is 18.5 Å². The van der Waals surface area contributed by atoms with E-state index in [-0.39, 0.29) is 24.1 Å². The molecular weight excluding hydrogens is 268 g/mol. The van der Waals surface area contributed by atoms with Crippen LogP contribution in [0.1, 0.15) is 31.4 Å². The van der Waals surface area contributed by atoms with Gasteiger partial charge in [-0.3, -0.25) is 0 Å². The van der Waals surface area contributed by atoms with Crippen LogP contribution in [0.3, 0.4) is 0 Å². The minimum Gasteiger partial charge on any atom is -0.493 e. The molecule has 0 heterocycles. The summed E-state index contributed by atoms with van der Waals surface area (Å²) < 4.78 is 34.2. The highest BCUT2D eigenvalue weighted by atomic mass is 19.3. The van der Waals surface area contributed by atoms with Crippen LogP contribution >= 0.6 is 0 Å². The zero-order valence-electron chi connectivity index (χ0n) is 11.7. The molecule has 6 heteroatoms. The Bertz CT molecular complexity index is 402. The van der Waals surface area contributed by atoms with Gasteiger partial charge in [0.1, 0.15) is 0 Å². The molecule has 0 aliphatic heterocycles. The van der Waals surface area contributed by atoms with Crippen LogP contribution in [0.5, 0.6) is 11.5 Å². The largest absolute Gasteiger partial charge is 0.493 e. The van der Waals surface area contributed by atoms with Crippen LogP contribution in [-0.4, -0.2) is 32.0 Å². The van der Waals surface area contributed by atoms with Gasteiger partial charge in [-0.15, -0.1) is 0 Å². The Hall–Kier alpha value is -1.40. The number of nitrogens with one attached hydrogen (secondary N) is 1. The van der Waals surface area contributed by atoms with E-state index in [1.165, 1.54) is 13.2 Å². The fourth-order valence-electron chi connectivity index (χ4n) is 1.93. The highest BCUT2D eigenvalue weighted by Gasteiger charge is 2.16. The molecule has 1 rings (SSSR count). The molecule has 114 valence electrons. The quantitative estimate of drug-likeness (QED) is 0.734. The maximum atomic E-state index is 12.4. The first-order chi connectivity index (χ1) is 9.62. The van der Waals surface area contributed by atoms with Crippen molar-refractivity contribution < 1.29 is 23.4 Å². The van der Waals surface area contributed by atoms with Crippen molar-refractivity contribution >= 4 is 0 Å². The van der Waals surface area contributed by atoms with Gasteiger partial charge < -0.3 is 19.9 Å². The molecule has 2 N–H and O–H groups in total. The smallest absolute Gasteiger partial charge is 0.387 e. The average molecular weight is 289 g/mol. The van der Waals surface area contributed by atoms with E-state index in [1.54, 1.807) is 12.1 Å². The number of halogens is 2. The zero-order valence-corrected chi connectivity index (χ0v) is 11.7. The number of alkyl halides is 2. The number of hydrogen-bond acceptors (Lipinski definition) is 4. The predicted octanol–water partition coefficient (Wildman–Crippen LogP) is 2.72. The lowest BCUT2D eigenvalue weighted by Crippen LogP contribution is -2.23. The van der Waals surface area contributed by atoms with Crippen molar-refractivity contribution in [2.75, 3.05) is 20.3 Å². The first-order valence-electron chi connectivity index (χ1n) is 6.59. The third-order valence-corrected chi connectivity index (χ3v) is 2.86. The molecule has 1 aromatic carbocycles. The molecule has 1 atom stereocenters. The van der Waals surface area contributed by atoms with Gasteiger partial charge in [0.2, 0.25) is 0 Å². The van der Waals surface area contributed by atoms with Gasteiger partial charge in [-0.25, -0.2) is 0 Å². The molecule has 0 amide bonds. The summed E-state index contributed by atoms with van der Waals surface area (Å²) >= 11 is 0. The summed E-state index contributed by atoms with van der Waals surface area (Å²) in [7, 11) is 1.40. The van der Waals surface area contributed by atoms with Crippen LogP contribution in [0, 0.1) is 0 Å². The molecule has 0 aliphatic carbocycles. The Balaban J connectivity index is 2.96. The number of hydrogen-bond donors (Lipinski definition) is 2. The van der Waals surface area contributed by atoms with Crippen molar-refractivity contribution in [2.24, 2.45) is 0 Å². The monoisotopic (exact) mass is 289 g/mol. The molecule has 1 aromatic rings. The van der Waals surface area contributed by atoms with Crippen molar-refractivity contribution in [3.8, 4) is 11.5 Å². The lowest BCUT2D eigenvalue weighted by molar-refractivity contribution is -0.0512. The van der Waals surface area contributed by atoms with Gasteiger partial charge in [-0.2, -0.15) is 8.78 Å². The third kappa shape index (κ3) is 4.94. The standard InChI is InChI=1S/C14H21F2NO3/c1-3-7-17-11(6-8-18)10-4-5-12(19-2)13(9-10)20-14(15)16/h4-5,9,11,14,17-18H,3,6-8H2,1-2H3. The molecule has 0 saturated heterocycles. The van der Waals surface area contributed by atoms with Crippen LogP contribution in [0.25, 0.3) is 0 Å². The summed E-state index contributed by atoms with van der Waals surface area (Å²) in [6.45, 7) is -0.0817. The summed E-state index contributed by atoms with van der Waals surface area (Å²) in [5.41, 5.74) is 0.781. The highest BCUT2D eigenvalue weighted by Crippen LogP contribution is 2.32. The molecule has 0 bridgehead atoms. The van der Waals surface area contributed by atoms with Crippen molar-refractivity contribution in [3.63, 3.8) is 0 Å². The van der Waals surface area contributed by atoms with Crippen LogP contribution in [0.4, 0.5) is 8.78 Å². The van der Waals surface area contributed by atoms with E-state index < -0.39 is 6.61 Å². The second kappa shape index (κ2) is 8.71. The Morgan fingerprint density at radius 3 is 2.60 bits per heavy atom. The minimum atomic E-state index is -2.90. The molecule has 0 fully saturated rings. The van der Waals surface area contributed by atoms with Gasteiger partial charge in [-0.05, 0) is 37.1 Å². The normalized spacial score (nSPS) is 12.5. The summed E-state index contributed by atoms with van der Waals surface area (Å²) in [5.74, 6) is 0.258. The highest BCUT2D eigenvalue weighted by molar-refractivity contribution is 5.43. The minimum absolute atomic E-state index is 0.00115. The van der Waals surface area contributed by atoms with Gasteiger partial charge in [0, 0.05) is 12.6 Å². The fraction of sp³-hybridized carbons (Fsp3) is 0.571. The number of methoxy groups -OCH3 is 1. The lowest BCUT2D eigenvalue weighted by Gasteiger charge is -2.19. The number of aliphatic hydroxyl groups excluding tert-OH is 1. The first kappa shape index (κ1) is 16.7. The Kier molecular flexibility index (Phi) is 7.25. The van der Waals surface area contributed by atoms with E-state index in [0.29, 0.717) is 6.42 Å². The first-order valence-corrected chi connectivity index (χ1v) is 6.59. The molecule has 0 radical (unpaired) electrons. The summed E-state index contributed by atoms with van der Waals surface area (Å²) in [6.07, 6.45) is 1.44. The summed E-state index contributed by atoms with van der Waals surface area (Å²) in [5, 5.41) is 12.4. The number of ether oxygens (including phenoxy) is 2. The molecule has 0 saturated carbocycles. The molecule has 20 heavy (non-hydrogen) atoms. The fourth-order valence-corrected chi connectivity index (χ4v) is 1.93. The van der Waals surface area contributed by atoms with E-state index in [4.69, 9.17) is 9.84 Å². The maximum absolute atomic E-state index is 12.4.